The zero-order chi connectivity index (χ0) is 29.0. The molecule has 0 unspecified atom stereocenters. The van der Waals surface area contributed by atoms with Crippen molar-refractivity contribution in [2.45, 2.75) is 91.5 Å². The molecule has 0 radical (unpaired) electrons. The van der Waals surface area contributed by atoms with Gasteiger partial charge in [-0.25, -0.2) is 9.59 Å². The number of hydrogen-bond donors (Lipinski definition) is 2. The quantitative estimate of drug-likeness (QED) is 0.266. The number of nitrogens with zero attached hydrogens (tertiary/aromatic N) is 1. The predicted molar refractivity (Wildman–Crippen MR) is 151 cm³/mol. The van der Waals surface area contributed by atoms with Crippen molar-refractivity contribution in [3.05, 3.63) is 35.9 Å². The molecule has 3 amide bonds. The van der Waals surface area contributed by atoms with Crippen LogP contribution < -0.4 is 10.6 Å². The molecule has 0 aliphatic carbocycles. The Balaban J connectivity index is 2.85. The highest BCUT2D eigenvalue weighted by molar-refractivity contribution is 6.76. The average molecular weight is 550 g/mol. The van der Waals surface area contributed by atoms with Gasteiger partial charge in [0.25, 0.3) is 0 Å². The fraction of sp³-hybridized carbons (Fsp3) is 0.643. The molecule has 0 aromatic heterocycles. The lowest BCUT2D eigenvalue weighted by atomic mass is 9.98. The van der Waals surface area contributed by atoms with Crippen molar-refractivity contribution in [2.75, 3.05) is 13.7 Å². The van der Waals surface area contributed by atoms with Gasteiger partial charge in [0, 0.05) is 15.1 Å². The summed E-state index contributed by atoms with van der Waals surface area (Å²) in [4.78, 5) is 53.0. The molecule has 1 aromatic rings. The highest BCUT2D eigenvalue weighted by Crippen LogP contribution is 2.16. The molecule has 0 spiro atoms. The molecule has 1 aromatic carbocycles. The van der Waals surface area contributed by atoms with Gasteiger partial charge >= 0.3 is 12.1 Å². The number of ether oxygens (including phenoxy) is 2. The van der Waals surface area contributed by atoms with E-state index in [1.807, 2.05) is 58.0 Å². The first-order chi connectivity index (χ1) is 17.6. The van der Waals surface area contributed by atoms with E-state index in [1.54, 1.807) is 14.0 Å². The van der Waals surface area contributed by atoms with Crippen LogP contribution in [0.3, 0.4) is 0 Å². The second-order valence-corrected chi connectivity index (χ2v) is 17.4. The summed E-state index contributed by atoms with van der Waals surface area (Å²) in [6.07, 6.45) is -0.269. The first-order valence-corrected chi connectivity index (χ1v) is 17.0. The number of carbonyl (C=O) groups excluding carboxylic acids is 4. The van der Waals surface area contributed by atoms with Gasteiger partial charge in [-0.05, 0) is 36.8 Å². The first-order valence-electron chi connectivity index (χ1n) is 13.3. The minimum atomic E-state index is -1.37. The van der Waals surface area contributed by atoms with Gasteiger partial charge in [-0.3, -0.25) is 9.59 Å². The fourth-order valence-electron chi connectivity index (χ4n) is 3.61. The van der Waals surface area contributed by atoms with Crippen molar-refractivity contribution in [2.24, 2.45) is 11.8 Å². The molecular formula is C28H47N3O6Si. The van der Waals surface area contributed by atoms with E-state index in [-0.39, 0.29) is 18.4 Å². The Hall–Kier alpha value is -2.88. The van der Waals surface area contributed by atoms with E-state index in [4.69, 9.17) is 9.47 Å². The lowest BCUT2D eigenvalue weighted by Gasteiger charge is -2.33. The van der Waals surface area contributed by atoms with Crippen LogP contribution in [-0.4, -0.2) is 68.6 Å². The Morgan fingerprint density at radius 2 is 1.53 bits per heavy atom. The third-order valence-corrected chi connectivity index (χ3v) is 7.74. The maximum Gasteiger partial charge on any atom is 0.407 e. The number of hydrogen-bond acceptors (Lipinski definition) is 6. The molecule has 0 aliphatic heterocycles. The Labute approximate surface area is 229 Å². The first kappa shape index (κ1) is 33.1. The van der Waals surface area contributed by atoms with E-state index in [2.05, 4.69) is 30.3 Å². The lowest BCUT2D eigenvalue weighted by molar-refractivity contribution is -0.149. The normalized spacial score (nSPS) is 13.9. The molecule has 0 bridgehead atoms. The standard InChI is InChI=1S/C28H47N3O6Si/c1-19(2)17-23(25(32)29-21(5)27(34)37-18-22-13-11-10-12-14-22)31(6)26(33)24(20(3)4)30-28(35)36-15-16-38(7,8)9/h10-14,19-21,23-24H,15-18H2,1-9H3,(H,29,32)(H,30,35)/t21-,23-,24-/m0/s1. The molecule has 0 heterocycles. The minimum absolute atomic E-state index is 0.0957. The van der Waals surface area contributed by atoms with Gasteiger partial charge in [-0.15, -0.1) is 0 Å². The summed E-state index contributed by atoms with van der Waals surface area (Å²) in [6, 6.07) is 7.49. The van der Waals surface area contributed by atoms with Crippen molar-refractivity contribution in [3.8, 4) is 0 Å². The Morgan fingerprint density at radius 3 is 2.05 bits per heavy atom. The van der Waals surface area contributed by atoms with Crippen LogP contribution in [0.5, 0.6) is 0 Å². The number of rotatable bonds is 14. The molecule has 214 valence electrons. The number of nitrogens with one attached hydrogen (secondary N) is 2. The maximum atomic E-state index is 13.5. The fourth-order valence-corrected chi connectivity index (χ4v) is 4.33. The highest BCUT2D eigenvalue weighted by Gasteiger charge is 2.35. The maximum absolute atomic E-state index is 13.5. The molecule has 1 rings (SSSR count). The number of amides is 3. The van der Waals surface area contributed by atoms with Crippen molar-refractivity contribution in [3.63, 3.8) is 0 Å². The zero-order valence-electron chi connectivity index (χ0n) is 24.5. The van der Waals surface area contributed by atoms with Gasteiger partial charge in [0.05, 0.1) is 6.61 Å². The van der Waals surface area contributed by atoms with Gasteiger partial charge in [0.2, 0.25) is 11.8 Å². The predicted octanol–water partition coefficient (Wildman–Crippen LogP) is 4.20. The summed E-state index contributed by atoms with van der Waals surface area (Å²) in [7, 11) is 0.172. The number of alkyl carbamates (subject to hydrolysis) is 1. The Morgan fingerprint density at radius 1 is 0.921 bits per heavy atom. The molecule has 3 atom stereocenters. The van der Waals surface area contributed by atoms with E-state index < -0.39 is 50.1 Å². The largest absolute Gasteiger partial charge is 0.459 e. The lowest BCUT2D eigenvalue weighted by Crippen LogP contribution is -2.57. The van der Waals surface area contributed by atoms with Crippen molar-refractivity contribution < 1.29 is 28.7 Å². The van der Waals surface area contributed by atoms with Crippen molar-refractivity contribution in [1.82, 2.24) is 15.5 Å². The van der Waals surface area contributed by atoms with E-state index in [1.165, 1.54) is 4.90 Å². The zero-order valence-corrected chi connectivity index (χ0v) is 25.5. The van der Waals surface area contributed by atoms with Gasteiger partial charge < -0.3 is 25.0 Å². The molecule has 0 saturated heterocycles. The second-order valence-electron chi connectivity index (χ2n) is 11.7. The van der Waals surface area contributed by atoms with Crippen molar-refractivity contribution in [1.29, 1.82) is 0 Å². The summed E-state index contributed by atoms with van der Waals surface area (Å²) >= 11 is 0. The van der Waals surface area contributed by atoms with Crippen LogP contribution in [0.1, 0.15) is 46.6 Å². The summed E-state index contributed by atoms with van der Waals surface area (Å²) in [6.45, 7) is 16.1. The Kier molecular flexibility index (Phi) is 13.5. The summed E-state index contributed by atoms with van der Waals surface area (Å²) < 4.78 is 10.7. The monoisotopic (exact) mass is 549 g/mol. The molecule has 0 fully saturated rings. The molecular weight excluding hydrogens is 502 g/mol. The smallest absolute Gasteiger partial charge is 0.407 e. The van der Waals surface area contributed by atoms with E-state index >= 15 is 0 Å². The SMILES string of the molecule is CC(C)C[C@@H](C(=O)N[C@@H](C)C(=O)OCc1ccccc1)N(C)C(=O)[C@@H](NC(=O)OCC[Si](C)(C)C)C(C)C. The van der Waals surface area contributed by atoms with Gasteiger partial charge in [0.15, 0.2) is 0 Å². The highest BCUT2D eigenvalue weighted by atomic mass is 28.3. The van der Waals surface area contributed by atoms with Crippen LogP contribution in [0.25, 0.3) is 0 Å². The van der Waals surface area contributed by atoms with Crippen LogP contribution in [0.15, 0.2) is 30.3 Å². The van der Waals surface area contributed by atoms with Gasteiger partial charge in [-0.1, -0.05) is 77.7 Å². The molecule has 10 heteroatoms. The number of esters is 1. The molecule has 2 N–H and O–H groups in total. The molecule has 0 aliphatic rings. The van der Waals surface area contributed by atoms with Crippen molar-refractivity contribution >= 4 is 32.0 Å². The Bertz CT molecular complexity index is 917. The van der Waals surface area contributed by atoms with E-state index in [9.17, 15) is 19.2 Å². The van der Waals surface area contributed by atoms with E-state index in [0.29, 0.717) is 13.0 Å². The molecule has 9 nitrogen and oxygen atoms in total. The van der Waals surface area contributed by atoms with Crippen LogP contribution in [0, 0.1) is 11.8 Å². The summed E-state index contributed by atoms with van der Waals surface area (Å²) in [5.41, 5.74) is 0.841. The minimum Gasteiger partial charge on any atom is -0.459 e. The second kappa shape index (κ2) is 15.5. The van der Waals surface area contributed by atoms with Crippen LogP contribution >= 0.6 is 0 Å². The average Bonchev–Trinajstić information content (AvgIpc) is 2.82. The molecule has 38 heavy (non-hydrogen) atoms. The van der Waals surface area contributed by atoms with Crippen LogP contribution in [0.2, 0.25) is 25.7 Å². The van der Waals surface area contributed by atoms with Gasteiger partial charge in [-0.2, -0.15) is 0 Å². The molecule has 0 saturated carbocycles. The summed E-state index contributed by atoms with van der Waals surface area (Å²) in [5, 5.41) is 5.37. The number of likely N-dealkylation sites (N-methyl/N-ethyl adjacent to an activating group) is 1. The number of carbonyl (C=O) groups is 4. The van der Waals surface area contributed by atoms with Crippen LogP contribution in [0.4, 0.5) is 4.79 Å². The third-order valence-electron chi connectivity index (χ3n) is 6.04. The third kappa shape index (κ3) is 12.1. The summed E-state index contributed by atoms with van der Waals surface area (Å²) in [5.74, 6) is -1.56. The van der Waals surface area contributed by atoms with Crippen LogP contribution in [-0.2, 0) is 30.5 Å². The number of benzene rings is 1. The van der Waals surface area contributed by atoms with Gasteiger partial charge in [0.1, 0.15) is 24.7 Å². The topological polar surface area (TPSA) is 114 Å². The van der Waals surface area contributed by atoms with E-state index in [0.717, 1.165) is 11.6 Å².